The van der Waals surface area contributed by atoms with E-state index in [9.17, 15) is 0 Å². The summed E-state index contributed by atoms with van der Waals surface area (Å²) < 4.78 is 0. The molecule has 1 radical (unpaired) electrons. The minimum absolute atomic E-state index is 0.897. The SMILES string of the molecule is [CH2]CCCCCCCCCCCCCCCCCCCCCCCCC(C)C. The van der Waals surface area contributed by atoms with E-state index >= 15 is 0 Å². The lowest BCUT2D eigenvalue weighted by atomic mass is 10.0. The van der Waals surface area contributed by atoms with Gasteiger partial charge in [-0.3, -0.25) is 0 Å². The molecule has 0 rings (SSSR count). The van der Waals surface area contributed by atoms with E-state index in [1.165, 1.54) is 148 Å². The summed E-state index contributed by atoms with van der Waals surface area (Å²) in [5, 5.41) is 0. The van der Waals surface area contributed by atoms with E-state index in [0.717, 1.165) is 12.3 Å². The van der Waals surface area contributed by atoms with Gasteiger partial charge in [0.05, 0.1) is 0 Å². The summed E-state index contributed by atoms with van der Waals surface area (Å²) >= 11 is 0. The Morgan fingerprint density at radius 1 is 0.357 bits per heavy atom. The van der Waals surface area contributed by atoms with E-state index in [0.29, 0.717) is 0 Å². The van der Waals surface area contributed by atoms with Crippen LogP contribution in [-0.2, 0) is 0 Å². The Bertz CT molecular complexity index is 255. The molecule has 0 heteroatoms. The first-order chi connectivity index (χ1) is 13.8. The highest BCUT2D eigenvalue weighted by molar-refractivity contribution is 4.52. The molecule has 0 unspecified atom stereocenters. The molecule has 0 aromatic carbocycles. The molecule has 0 bridgehead atoms. The van der Waals surface area contributed by atoms with Gasteiger partial charge in [-0.25, -0.2) is 0 Å². The summed E-state index contributed by atoms with van der Waals surface area (Å²) in [7, 11) is 0. The maximum Gasteiger partial charge on any atom is -0.0471 e. The van der Waals surface area contributed by atoms with Crippen LogP contribution >= 0.6 is 0 Å². The Labute approximate surface area is 181 Å². The maximum atomic E-state index is 3.91. The van der Waals surface area contributed by atoms with Crippen LogP contribution in [0.1, 0.15) is 168 Å². The minimum atomic E-state index is 0.897. The van der Waals surface area contributed by atoms with Crippen LogP contribution in [0.15, 0.2) is 0 Å². The monoisotopic (exact) mass is 393 g/mol. The molecule has 0 aromatic heterocycles. The second-order valence-corrected chi connectivity index (χ2v) is 9.81. The van der Waals surface area contributed by atoms with E-state index in [1.807, 2.05) is 0 Å². The lowest BCUT2D eigenvalue weighted by Gasteiger charge is -2.05. The zero-order valence-electron chi connectivity index (χ0n) is 20.3. The van der Waals surface area contributed by atoms with Crippen LogP contribution in [-0.4, -0.2) is 0 Å². The van der Waals surface area contributed by atoms with E-state index in [-0.39, 0.29) is 0 Å². The number of hydrogen-bond acceptors (Lipinski definition) is 0. The Morgan fingerprint density at radius 3 is 0.786 bits per heavy atom. The number of unbranched alkanes of at least 4 members (excludes halogenated alkanes) is 22. The van der Waals surface area contributed by atoms with Crippen molar-refractivity contribution in [2.24, 2.45) is 5.92 Å². The van der Waals surface area contributed by atoms with Gasteiger partial charge < -0.3 is 0 Å². The van der Waals surface area contributed by atoms with Gasteiger partial charge in [0.2, 0.25) is 0 Å². The van der Waals surface area contributed by atoms with Crippen molar-refractivity contribution in [3.63, 3.8) is 0 Å². The molecular formula is C28H57. The van der Waals surface area contributed by atoms with E-state index in [4.69, 9.17) is 0 Å². The van der Waals surface area contributed by atoms with Crippen LogP contribution in [0.3, 0.4) is 0 Å². The number of hydrogen-bond donors (Lipinski definition) is 0. The topological polar surface area (TPSA) is 0 Å². The van der Waals surface area contributed by atoms with Crippen LogP contribution in [0.2, 0.25) is 0 Å². The van der Waals surface area contributed by atoms with Crippen LogP contribution in [0.4, 0.5) is 0 Å². The lowest BCUT2D eigenvalue weighted by Crippen LogP contribution is -1.87. The van der Waals surface area contributed by atoms with Gasteiger partial charge in [0.15, 0.2) is 0 Å². The molecule has 0 saturated heterocycles. The van der Waals surface area contributed by atoms with Gasteiger partial charge in [-0.1, -0.05) is 175 Å². The zero-order chi connectivity index (χ0) is 20.5. The first kappa shape index (κ1) is 28.0. The van der Waals surface area contributed by atoms with Gasteiger partial charge in [-0.05, 0) is 5.92 Å². The second kappa shape index (κ2) is 25.0. The highest BCUT2D eigenvalue weighted by Crippen LogP contribution is 2.16. The van der Waals surface area contributed by atoms with Crippen LogP contribution in [0.5, 0.6) is 0 Å². The smallest absolute Gasteiger partial charge is 0.0471 e. The summed E-state index contributed by atoms with van der Waals surface area (Å²) in [4.78, 5) is 0. The van der Waals surface area contributed by atoms with Crippen molar-refractivity contribution in [1.82, 2.24) is 0 Å². The van der Waals surface area contributed by atoms with Crippen LogP contribution in [0.25, 0.3) is 0 Å². The normalized spacial score (nSPS) is 11.6. The van der Waals surface area contributed by atoms with Gasteiger partial charge in [-0.15, -0.1) is 0 Å². The highest BCUT2D eigenvalue weighted by Gasteiger charge is 1.97. The second-order valence-electron chi connectivity index (χ2n) is 9.81. The van der Waals surface area contributed by atoms with Crippen LogP contribution < -0.4 is 0 Å². The predicted octanol–water partition coefficient (Wildman–Crippen LogP) is 10.8. The summed E-state index contributed by atoms with van der Waals surface area (Å²) in [5.74, 6) is 0.897. The average molecular weight is 394 g/mol. The molecule has 0 atom stereocenters. The molecule has 0 saturated carbocycles. The van der Waals surface area contributed by atoms with Gasteiger partial charge in [0, 0.05) is 0 Å². The maximum absolute atomic E-state index is 3.91. The standard InChI is InChI=1S/C28H57/c1-4-5-6-7-8-9-10-11-12-13-14-15-16-17-18-19-20-21-22-23-24-25-26-27-28(2)3/h28H,1,4-27H2,2-3H3. The summed E-state index contributed by atoms with van der Waals surface area (Å²) in [5.41, 5.74) is 0. The average Bonchev–Trinajstić information content (AvgIpc) is 2.68. The first-order valence-corrected chi connectivity index (χ1v) is 13.6. The largest absolute Gasteiger partial charge is 0.0628 e. The fraction of sp³-hybridized carbons (Fsp3) is 0.964. The predicted molar refractivity (Wildman–Crippen MR) is 131 cm³/mol. The lowest BCUT2D eigenvalue weighted by molar-refractivity contribution is 0.500. The fourth-order valence-electron chi connectivity index (χ4n) is 4.26. The molecule has 169 valence electrons. The molecule has 28 heavy (non-hydrogen) atoms. The summed E-state index contributed by atoms with van der Waals surface area (Å²) in [6.45, 7) is 8.60. The van der Waals surface area contributed by atoms with Crippen molar-refractivity contribution in [2.75, 3.05) is 0 Å². The van der Waals surface area contributed by atoms with Gasteiger partial charge >= 0.3 is 0 Å². The molecule has 0 aliphatic rings. The van der Waals surface area contributed by atoms with Crippen molar-refractivity contribution in [1.29, 1.82) is 0 Å². The number of rotatable bonds is 24. The van der Waals surface area contributed by atoms with E-state index in [1.54, 1.807) is 0 Å². The van der Waals surface area contributed by atoms with Crippen molar-refractivity contribution in [3.8, 4) is 0 Å². The fourth-order valence-corrected chi connectivity index (χ4v) is 4.26. The molecule has 0 heterocycles. The molecule has 0 aromatic rings. The molecule has 0 N–H and O–H groups in total. The van der Waals surface area contributed by atoms with Crippen molar-refractivity contribution in [2.45, 2.75) is 168 Å². The Morgan fingerprint density at radius 2 is 0.571 bits per heavy atom. The Balaban J connectivity index is 2.98. The first-order valence-electron chi connectivity index (χ1n) is 13.6. The third kappa shape index (κ3) is 26.0. The molecular weight excluding hydrogens is 336 g/mol. The molecule has 0 aliphatic heterocycles. The van der Waals surface area contributed by atoms with Crippen molar-refractivity contribution < 1.29 is 0 Å². The third-order valence-electron chi connectivity index (χ3n) is 6.28. The van der Waals surface area contributed by atoms with Gasteiger partial charge in [0.25, 0.3) is 0 Å². The molecule has 0 amide bonds. The van der Waals surface area contributed by atoms with Gasteiger partial charge in [0.1, 0.15) is 0 Å². The third-order valence-corrected chi connectivity index (χ3v) is 6.28. The molecule has 0 spiro atoms. The summed E-state index contributed by atoms with van der Waals surface area (Å²) in [6, 6.07) is 0. The van der Waals surface area contributed by atoms with E-state index in [2.05, 4.69) is 20.8 Å². The zero-order valence-corrected chi connectivity index (χ0v) is 20.3. The Kier molecular flexibility index (Phi) is 25.0. The van der Waals surface area contributed by atoms with Gasteiger partial charge in [-0.2, -0.15) is 0 Å². The van der Waals surface area contributed by atoms with Crippen molar-refractivity contribution >= 4 is 0 Å². The Hall–Kier alpha value is 0. The van der Waals surface area contributed by atoms with Crippen molar-refractivity contribution in [3.05, 3.63) is 6.92 Å². The minimum Gasteiger partial charge on any atom is -0.0628 e. The summed E-state index contributed by atoms with van der Waals surface area (Å²) in [6.07, 6.45) is 34.8. The molecule has 0 fully saturated rings. The highest BCUT2D eigenvalue weighted by atomic mass is 14.0. The van der Waals surface area contributed by atoms with E-state index < -0.39 is 0 Å². The van der Waals surface area contributed by atoms with Crippen LogP contribution in [0, 0.1) is 12.8 Å². The molecule has 0 nitrogen and oxygen atoms in total. The quantitative estimate of drug-likeness (QED) is 0.143. The molecule has 0 aliphatic carbocycles.